The van der Waals surface area contributed by atoms with Crippen molar-refractivity contribution in [1.29, 1.82) is 0 Å². The maximum absolute atomic E-state index is 9.59. The molecule has 1 atom stereocenters. The molecule has 0 bridgehead atoms. The molecule has 11 heavy (non-hydrogen) atoms. The van der Waals surface area contributed by atoms with Gasteiger partial charge < -0.3 is 15.3 Å². The molecule has 0 aromatic carbocycles. The van der Waals surface area contributed by atoms with E-state index >= 15 is 0 Å². The zero-order valence-electron chi connectivity index (χ0n) is 6.20. The average molecular weight is 156 g/mol. The summed E-state index contributed by atoms with van der Waals surface area (Å²) in [4.78, 5) is 0. The highest BCUT2D eigenvalue weighted by Gasteiger charge is 2.23. The number of hydrogen-bond acceptors (Lipinski definition) is 3. The summed E-state index contributed by atoms with van der Waals surface area (Å²) in [6.07, 6.45) is 5.18. The minimum Gasteiger partial charge on any atom is -0.508 e. The van der Waals surface area contributed by atoms with E-state index in [0.29, 0.717) is 12.8 Å². The Morgan fingerprint density at radius 2 is 2.27 bits per heavy atom. The van der Waals surface area contributed by atoms with Gasteiger partial charge in [-0.05, 0) is 18.2 Å². The van der Waals surface area contributed by atoms with E-state index in [1.165, 1.54) is 18.2 Å². The Morgan fingerprint density at radius 1 is 1.55 bits per heavy atom. The lowest BCUT2D eigenvalue weighted by atomic mass is 9.92. The predicted octanol–water partition coefficient (Wildman–Crippen LogP) is 0.502. The highest BCUT2D eigenvalue weighted by atomic mass is 16.3. The molecule has 0 aromatic heterocycles. The molecule has 0 saturated carbocycles. The minimum atomic E-state index is -0.957. The maximum Gasteiger partial charge on any atom is 0.111 e. The van der Waals surface area contributed by atoms with Gasteiger partial charge in [0.05, 0.1) is 5.60 Å². The second-order valence-electron chi connectivity index (χ2n) is 2.74. The molecule has 3 heteroatoms. The van der Waals surface area contributed by atoms with Gasteiger partial charge in [-0.1, -0.05) is 0 Å². The molecule has 0 amide bonds. The van der Waals surface area contributed by atoms with Gasteiger partial charge >= 0.3 is 0 Å². The van der Waals surface area contributed by atoms with E-state index in [2.05, 4.69) is 0 Å². The molecule has 1 unspecified atom stereocenters. The SMILES string of the molecule is OCCC1(O)C=CC(O)=CC1. The second-order valence-corrected chi connectivity index (χ2v) is 2.74. The Bertz CT molecular complexity index is 196. The normalized spacial score (nSPS) is 30.2. The van der Waals surface area contributed by atoms with Gasteiger partial charge in [-0.25, -0.2) is 0 Å². The van der Waals surface area contributed by atoms with Crippen LogP contribution in [0.2, 0.25) is 0 Å². The summed E-state index contributed by atoms with van der Waals surface area (Å²) >= 11 is 0. The van der Waals surface area contributed by atoms with Crippen LogP contribution >= 0.6 is 0 Å². The lowest BCUT2D eigenvalue weighted by Gasteiger charge is -2.24. The van der Waals surface area contributed by atoms with Gasteiger partial charge in [-0.2, -0.15) is 0 Å². The number of allylic oxidation sites excluding steroid dienone is 1. The summed E-state index contributed by atoms with van der Waals surface area (Å²) in [7, 11) is 0. The standard InChI is InChI=1S/C8H12O3/c9-6-5-8(11)3-1-7(10)2-4-8/h1-3,9-11H,4-6H2. The summed E-state index contributed by atoms with van der Waals surface area (Å²) < 4.78 is 0. The fourth-order valence-corrected chi connectivity index (χ4v) is 1.04. The lowest BCUT2D eigenvalue weighted by molar-refractivity contribution is 0.0610. The number of rotatable bonds is 2. The van der Waals surface area contributed by atoms with E-state index in [1.807, 2.05) is 0 Å². The van der Waals surface area contributed by atoms with Crippen molar-refractivity contribution in [3.63, 3.8) is 0 Å². The molecule has 0 aliphatic heterocycles. The van der Waals surface area contributed by atoms with Crippen molar-refractivity contribution in [3.05, 3.63) is 24.0 Å². The Kier molecular flexibility index (Phi) is 2.31. The van der Waals surface area contributed by atoms with Crippen LogP contribution in [0.5, 0.6) is 0 Å². The first-order chi connectivity index (χ1) is 5.16. The van der Waals surface area contributed by atoms with Gasteiger partial charge in [0, 0.05) is 19.4 Å². The molecule has 0 aromatic rings. The van der Waals surface area contributed by atoms with Gasteiger partial charge in [-0.15, -0.1) is 0 Å². The molecule has 1 rings (SSSR count). The quantitative estimate of drug-likeness (QED) is 0.545. The molecule has 3 nitrogen and oxygen atoms in total. The summed E-state index contributed by atoms with van der Waals surface area (Å²) in [5, 5.41) is 27.1. The van der Waals surface area contributed by atoms with Gasteiger partial charge in [0.15, 0.2) is 0 Å². The minimum absolute atomic E-state index is 0.0462. The Hall–Kier alpha value is -0.800. The predicted molar refractivity (Wildman–Crippen MR) is 41.1 cm³/mol. The fraction of sp³-hybridized carbons (Fsp3) is 0.500. The monoisotopic (exact) mass is 156 g/mol. The average Bonchev–Trinajstić information content (AvgIpc) is 1.97. The molecule has 62 valence electrons. The van der Waals surface area contributed by atoms with Crippen molar-refractivity contribution in [1.82, 2.24) is 0 Å². The molecule has 1 aliphatic carbocycles. The first-order valence-corrected chi connectivity index (χ1v) is 3.58. The second kappa shape index (κ2) is 3.07. The Balaban J connectivity index is 2.58. The highest BCUT2D eigenvalue weighted by Crippen LogP contribution is 2.22. The van der Waals surface area contributed by atoms with E-state index < -0.39 is 5.60 Å². The van der Waals surface area contributed by atoms with Crippen molar-refractivity contribution in [2.75, 3.05) is 6.61 Å². The van der Waals surface area contributed by atoms with Crippen LogP contribution < -0.4 is 0 Å². The van der Waals surface area contributed by atoms with E-state index in [1.54, 1.807) is 0 Å². The van der Waals surface area contributed by atoms with E-state index in [-0.39, 0.29) is 12.4 Å². The Morgan fingerprint density at radius 3 is 2.73 bits per heavy atom. The van der Waals surface area contributed by atoms with Crippen LogP contribution in [0.4, 0.5) is 0 Å². The van der Waals surface area contributed by atoms with E-state index in [4.69, 9.17) is 10.2 Å². The molecular weight excluding hydrogens is 144 g/mol. The largest absolute Gasteiger partial charge is 0.508 e. The smallest absolute Gasteiger partial charge is 0.111 e. The number of aliphatic hydroxyl groups is 3. The van der Waals surface area contributed by atoms with Crippen LogP contribution in [0.25, 0.3) is 0 Å². The van der Waals surface area contributed by atoms with Crippen LogP contribution in [0.15, 0.2) is 24.0 Å². The Labute approximate surface area is 65.3 Å². The first-order valence-electron chi connectivity index (χ1n) is 3.58. The summed E-state index contributed by atoms with van der Waals surface area (Å²) in [5.41, 5.74) is -0.957. The van der Waals surface area contributed by atoms with Crippen molar-refractivity contribution < 1.29 is 15.3 Å². The van der Waals surface area contributed by atoms with Crippen LogP contribution in [-0.2, 0) is 0 Å². The first kappa shape index (κ1) is 8.30. The molecular formula is C8H12O3. The van der Waals surface area contributed by atoms with Crippen LogP contribution in [0.3, 0.4) is 0 Å². The van der Waals surface area contributed by atoms with Crippen LogP contribution in [-0.4, -0.2) is 27.5 Å². The molecule has 3 N–H and O–H groups in total. The van der Waals surface area contributed by atoms with Crippen molar-refractivity contribution in [2.24, 2.45) is 0 Å². The topological polar surface area (TPSA) is 60.7 Å². The van der Waals surface area contributed by atoms with Gasteiger partial charge in [0.25, 0.3) is 0 Å². The van der Waals surface area contributed by atoms with Gasteiger partial charge in [-0.3, -0.25) is 0 Å². The molecule has 0 radical (unpaired) electrons. The third kappa shape index (κ3) is 2.06. The van der Waals surface area contributed by atoms with Crippen LogP contribution in [0, 0.1) is 0 Å². The summed E-state index contributed by atoms with van der Waals surface area (Å²) in [5.74, 6) is 0.174. The third-order valence-corrected chi connectivity index (χ3v) is 1.77. The zero-order valence-corrected chi connectivity index (χ0v) is 6.20. The number of aliphatic hydroxyl groups excluding tert-OH is 2. The van der Waals surface area contributed by atoms with Gasteiger partial charge in [0.1, 0.15) is 5.76 Å². The lowest BCUT2D eigenvalue weighted by Crippen LogP contribution is -2.28. The summed E-state index contributed by atoms with van der Waals surface area (Å²) in [6, 6.07) is 0. The van der Waals surface area contributed by atoms with E-state index in [9.17, 15) is 5.11 Å². The molecule has 0 fully saturated rings. The third-order valence-electron chi connectivity index (χ3n) is 1.77. The van der Waals surface area contributed by atoms with Crippen molar-refractivity contribution >= 4 is 0 Å². The maximum atomic E-state index is 9.59. The summed E-state index contributed by atoms with van der Waals surface area (Å²) in [6.45, 7) is -0.0462. The zero-order chi connectivity index (χ0) is 8.32. The van der Waals surface area contributed by atoms with Crippen molar-refractivity contribution in [2.45, 2.75) is 18.4 Å². The number of hydrogen-bond donors (Lipinski definition) is 3. The fourth-order valence-electron chi connectivity index (χ4n) is 1.04. The molecule has 1 aliphatic rings. The molecule has 0 saturated heterocycles. The molecule has 0 spiro atoms. The highest BCUT2D eigenvalue weighted by molar-refractivity contribution is 5.22. The molecule has 0 heterocycles. The van der Waals surface area contributed by atoms with Crippen LogP contribution in [0.1, 0.15) is 12.8 Å². The van der Waals surface area contributed by atoms with Gasteiger partial charge in [0.2, 0.25) is 0 Å². The van der Waals surface area contributed by atoms with E-state index in [0.717, 1.165) is 0 Å². The van der Waals surface area contributed by atoms with Crippen molar-refractivity contribution in [3.8, 4) is 0 Å².